The fourth-order valence-corrected chi connectivity index (χ4v) is 3.32. The third kappa shape index (κ3) is 3.19. The van der Waals surface area contributed by atoms with Gasteiger partial charge >= 0.3 is 0 Å². The van der Waals surface area contributed by atoms with Gasteiger partial charge in [-0.1, -0.05) is 6.42 Å². The second-order valence-corrected chi connectivity index (χ2v) is 5.93. The number of hydrogen-bond donors (Lipinski definition) is 2. The van der Waals surface area contributed by atoms with E-state index in [1.165, 1.54) is 12.8 Å². The van der Waals surface area contributed by atoms with Crippen molar-refractivity contribution in [2.45, 2.75) is 35.4 Å². The summed E-state index contributed by atoms with van der Waals surface area (Å²) in [6.07, 6.45) is 5.64. The molecule has 0 radical (unpaired) electrons. The number of thiol groups is 1. The SMILES string of the molecule is CSC1CCCC1NC(=O)c1ccc(S)cc1. The third-order valence-corrected chi connectivity index (χ3v) is 4.67. The van der Waals surface area contributed by atoms with Crippen LogP contribution in [0.4, 0.5) is 0 Å². The molecule has 1 N–H and O–H groups in total. The van der Waals surface area contributed by atoms with Crippen molar-refractivity contribution >= 4 is 30.3 Å². The van der Waals surface area contributed by atoms with E-state index in [0.29, 0.717) is 11.3 Å². The highest BCUT2D eigenvalue weighted by Crippen LogP contribution is 2.28. The highest BCUT2D eigenvalue weighted by molar-refractivity contribution is 7.99. The molecule has 0 bridgehead atoms. The second-order valence-electron chi connectivity index (χ2n) is 4.33. The lowest BCUT2D eigenvalue weighted by molar-refractivity contribution is 0.0938. The quantitative estimate of drug-likeness (QED) is 0.824. The zero-order valence-corrected chi connectivity index (χ0v) is 11.6. The van der Waals surface area contributed by atoms with Crippen molar-refractivity contribution in [3.8, 4) is 0 Å². The van der Waals surface area contributed by atoms with Gasteiger partial charge in [-0.15, -0.1) is 12.6 Å². The molecule has 4 heteroatoms. The topological polar surface area (TPSA) is 29.1 Å². The average molecular weight is 267 g/mol. The van der Waals surface area contributed by atoms with Gasteiger partial charge < -0.3 is 5.32 Å². The highest BCUT2D eigenvalue weighted by atomic mass is 32.2. The Labute approximate surface area is 112 Å². The van der Waals surface area contributed by atoms with E-state index >= 15 is 0 Å². The lowest BCUT2D eigenvalue weighted by Crippen LogP contribution is -2.38. The Balaban J connectivity index is 1.99. The minimum atomic E-state index is 0.0317. The van der Waals surface area contributed by atoms with Crippen LogP contribution in [0, 0.1) is 0 Å². The maximum atomic E-state index is 12.0. The molecule has 1 aromatic carbocycles. The number of benzene rings is 1. The molecule has 0 heterocycles. The molecule has 0 aromatic heterocycles. The summed E-state index contributed by atoms with van der Waals surface area (Å²) in [5.41, 5.74) is 0.717. The summed E-state index contributed by atoms with van der Waals surface area (Å²) in [5, 5.41) is 3.70. The van der Waals surface area contributed by atoms with Gasteiger partial charge in [-0.2, -0.15) is 11.8 Å². The number of nitrogens with one attached hydrogen (secondary N) is 1. The first-order valence-corrected chi connectivity index (χ1v) is 7.57. The molecular weight excluding hydrogens is 250 g/mol. The molecule has 1 aromatic rings. The molecule has 2 rings (SSSR count). The van der Waals surface area contributed by atoms with Crippen LogP contribution in [0.1, 0.15) is 29.6 Å². The Hall–Kier alpha value is -0.610. The van der Waals surface area contributed by atoms with Crippen LogP contribution in [0.3, 0.4) is 0 Å². The first-order chi connectivity index (χ1) is 8.20. The van der Waals surface area contributed by atoms with Gasteiger partial charge in [-0.05, 0) is 43.4 Å². The number of carbonyl (C=O) groups is 1. The second kappa shape index (κ2) is 5.83. The molecule has 1 saturated carbocycles. The van der Waals surface area contributed by atoms with E-state index in [4.69, 9.17) is 0 Å². The van der Waals surface area contributed by atoms with E-state index in [9.17, 15) is 4.79 Å². The van der Waals surface area contributed by atoms with Crippen molar-refractivity contribution < 1.29 is 4.79 Å². The van der Waals surface area contributed by atoms with Crippen LogP contribution < -0.4 is 5.32 Å². The van der Waals surface area contributed by atoms with Gasteiger partial charge in [0.1, 0.15) is 0 Å². The number of hydrogen-bond acceptors (Lipinski definition) is 3. The van der Waals surface area contributed by atoms with Crippen LogP contribution in [-0.2, 0) is 0 Å². The first-order valence-electron chi connectivity index (χ1n) is 5.83. The Morgan fingerprint density at radius 1 is 1.35 bits per heavy atom. The van der Waals surface area contributed by atoms with Crippen LogP contribution in [0.2, 0.25) is 0 Å². The normalized spacial score (nSPS) is 23.6. The van der Waals surface area contributed by atoms with Gasteiger partial charge in [0.15, 0.2) is 0 Å². The van der Waals surface area contributed by atoms with Crippen molar-refractivity contribution in [1.29, 1.82) is 0 Å². The molecule has 0 aliphatic heterocycles. The van der Waals surface area contributed by atoms with Crippen LogP contribution in [0.15, 0.2) is 29.2 Å². The van der Waals surface area contributed by atoms with Crippen LogP contribution in [0.5, 0.6) is 0 Å². The Bertz CT molecular complexity index is 391. The molecule has 0 spiro atoms. The van der Waals surface area contributed by atoms with Crippen molar-refractivity contribution in [2.24, 2.45) is 0 Å². The molecule has 2 unspecified atom stereocenters. The largest absolute Gasteiger partial charge is 0.348 e. The predicted molar refractivity (Wildman–Crippen MR) is 76.1 cm³/mol. The zero-order valence-electron chi connectivity index (χ0n) is 9.85. The summed E-state index contributed by atoms with van der Waals surface area (Å²) in [5.74, 6) is 0.0317. The van der Waals surface area contributed by atoms with Gasteiger partial charge in [0, 0.05) is 21.8 Å². The maximum absolute atomic E-state index is 12.0. The summed E-state index contributed by atoms with van der Waals surface area (Å²) >= 11 is 6.06. The van der Waals surface area contributed by atoms with E-state index in [2.05, 4.69) is 24.2 Å². The van der Waals surface area contributed by atoms with Crippen molar-refractivity contribution in [2.75, 3.05) is 6.26 Å². The minimum absolute atomic E-state index is 0.0317. The summed E-state index contributed by atoms with van der Waals surface area (Å²) in [6, 6.07) is 7.66. The molecule has 2 atom stereocenters. The van der Waals surface area contributed by atoms with Gasteiger partial charge in [0.2, 0.25) is 0 Å². The molecule has 17 heavy (non-hydrogen) atoms. The van der Waals surface area contributed by atoms with Gasteiger partial charge in [-0.25, -0.2) is 0 Å². The van der Waals surface area contributed by atoms with Crippen molar-refractivity contribution in [1.82, 2.24) is 5.32 Å². The Morgan fingerprint density at radius 3 is 2.71 bits per heavy atom. The Kier molecular flexibility index (Phi) is 4.40. The molecule has 92 valence electrons. The third-order valence-electron chi connectivity index (χ3n) is 3.20. The smallest absolute Gasteiger partial charge is 0.251 e. The predicted octanol–water partition coefficient (Wildman–Crippen LogP) is 2.99. The summed E-state index contributed by atoms with van der Waals surface area (Å²) in [7, 11) is 0. The summed E-state index contributed by atoms with van der Waals surface area (Å²) in [4.78, 5) is 12.9. The lowest BCUT2D eigenvalue weighted by atomic mass is 10.2. The minimum Gasteiger partial charge on any atom is -0.348 e. The number of amides is 1. The maximum Gasteiger partial charge on any atom is 0.251 e. The molecule has 1 aliphatic carbocycles. The molecular formula is C13H17NOS2. The van der Waals surface area contributed by atoms with Crippen LogP contribution in [-0.4, -0.2) is 23.5 Å². The van der Waals surface area contributed by atoms with E-state index < -0.39 is 0 Å². The zero-order chi connectivity index (χ0) is 12.3. The molecule has 0 saturated heterocycles. The van der Waals surface area contributed by atoms with Crippen LogP contribution >= 0.6 is 24.4 Å². The summed E-state index contributed by atoms with van der Waals surface area (Å²) in [6.45, 7) is 0. The van der Waals surface area contributed by atoms with E-state index in [1.807, 2.05) is 36.0 Å². The number of rotatable bonds is 3. The van der Waals surface area contributed by atoms with Gasteiger partial charge in [-0.3, -0.25) is 4.79 Å². The summed E-state index contributed by atoms with van der Waals surface area (Å²) < 4.78 is 0. The highest BCUT2D eigenvalue weighted by Gasteiger charge is 2.27. The van der Waals surface area contributed by atoms with Gasteiger partial charge in [0.05, 0.1) is 0 Å². The van der Waals surface area contributed by atoms with Crippen molar-refractivity contribution in [3.63, 3.8) is 0 Å². The first kappa shape index (κ1) is 12.8. The standard InChI is InChI=1S/C13H17NOS2/c1-17-12-4-2-3-11(12)14-13(15)9-5-7-10(16)8-6-9/h5-8,11-12,16H,2-4H2,1H3,(H,14,15). The molecule has 1 amide bonds. The Morgan fingerprint density at radius 2 is 2.06 bits per heavy atom. The van der Waals surface area contributed by atoms with E-state index in [-0.39, 0.29) is 5.91 Å². The molecule has 2 nitrogen and oxygen atoms in total. The average Bonchev–Trinajstić information content (AvgIpc) is 2.77. The number of carbonyl (C=O) groups excluding carboxylic acids is 1. The van der Waals surface area contributed by atoms with E-state index in [1.54, 1.807) is 0 Å². The fraction of sp³-hybridized carbons (Fsp3) is 0.462. The van der Waals surface area contributed by atoms with Gasteiger partial charge in [0.25, 0.3) is 5.91 Å². The van der Waals surface area contributed by atoms with Crippen LogP contribution in [0.25, 0.3) is 0 Å². The fourth-order valence-electron chi connectivity index (χ4n) is 2.24. The monoisotopic (exact) mass is 267 g/mol. The van der Waals surface area contributed by atoms with E-state index in [0.717, 1.165) is 16.9 Å². The molecule has 1 fully saturated rings. The lowest BCUT2D eigenvalue weighted by Gasteiger charge is -2.19. The number of thioether (sulfide) groups is 1. The molecule has 1 aliphatic rings. The van der Waals surface area contributed by atoms with Crippen molar-refractivity contribution in [3.05, 3.63) is 29.8 Å².